The van der Waals surface area contributed by atoms with Crippen molar-refractivity contribution in [1.29, 1.82) is 0 Å². The molecule has 2 aromatic carbocycles. The number of aromatic hydroxyl groups is 1. The number of carbonyl (C=O) groups excluding carboxylic acids is 2. The van der Waals surface area contributed by atoms with E-state index >= 15 is 0 Å². The molecule has 0 aliphatic rings. The Morgan fingerprint density at radius 1 is 1.03 bits per heavy atom. The maximum Gasteiger partial charge on any atom is 0.328 e. The maximum atomic E-state index is 12.5. The second-order valence-corrected chi connectivity index (χ2v) is 7.78. The third-order valence-corrected chi connectivity index (χ3v) is 4.71. The zero-order valence-corrected chi connectivity index (χ0v) is 18.3. The van der Waals surface area contributed by atoms with E-state index in [2.05, 4.69) is 10.5 Å². The highest BCUT2D eigenvalue weighted by atomic mass is 35.5. The van der Waals surface area contributed by atoms with E-state index in [9.17, 15) is 24.3 Å². The number of ether oxygens (including phenoxy) is 1. The quantitative estimate of drug-likeness (QED) is 0.235. The van der Waals surface area contributed by atoms with Gasteiger partial charge >= 0.3 is 5.69 Å². The van der Waals surface area contributed by atoms with Crippen LogP contribution in [0.25, 0.3) is 0 Å². The van der Waals surface area contributed by atoms with Crippen LogP contribution in [0.1, 0.15) is 35.3 Å². The highest BCUT2D eigenvalue weighted by Crippen LogP contribution is 2.21. The molecule has 33 heavy (non-hydrogen) atoms. The van der Waals surface area contributed by atoms with Gasteiger partial charge in [0.2, 0.25) is 5.88 Å². The second kappa shape index (κ2) is 9.53. The van der Waals surface area contributed by atoms with Gasteiger partial charge in [-0.2, -0.15) is 5.10 Å². The first-order valence-corrected chi connectivity index (χ1v) is 9.93. The molecule has 1 amide bonds. The molecule has 0 saturated carbocycles. The minimum Gasteiger partial charge on any atom is -0.494 e. The fraction of sp³-hybridized carbons (Fsp3) is 0.136. The van der Waals surface area contributed by atoms with Crippen LogP contribution < -0.4 is 21.4 Å². The summed E-state index contributed by atoms with van der Waals surface area (Å²) in [6, 6.07) is 12.8. The van der Waals surface area contributed by atoms with Crippen molar-refractivity contribution in [2.24, 2.45) is 5.10 Å². The summed E-state index contributed by atoms with van der Waals surface area (Å²) in [5.41, 5.74) is -0.354. The Morgan fingerprint density at radius 3 is 2.18 bits per heavy atom. The number of nitrogens with one attached hydrogen (secondary N) is 3. The molecular weight excluding hydrogens is 452 g/mol. The highest BCUT2D eigenvalue weighted by Gasteiger charge is 2.30. The number of carbonyl (C=O) groups is 2. The summed E-state index contributed by atoms with van der Waals surface area (Å²) < 4.78 is 5.71. The van der Waals surface area contributed by atoms with Crippen LogP contribution in [0.15, 0.2) is 63.2 Å². The van der Waals surface area contributed by atoms with Crippen LogP contribution in [0.4, 0.5) is 0 Å². The average molecular weight is 471 g/mol. The van der Waals surface area contributed by atoms with E-state index in [1.165, 1.54) is 13.8 Å². The van der Waals surface area contributed by atoms with E-state index in [4.69, 9.17) is 16.3 Å². The number of H-pyrrole nitrogens is 2. The Balaban J connectivity index is 1.65. The molecule has 0 unspecified atom stereocenters. The third-order valence-electron chi connectivity index (χ3n) is 4.46. The standard InChI is InChI=1S/C22H19ClN4O6/c1-22(2,20(31)27-24-11-16-18(29)25-21(32)26-19(16)30)33-15-9-5-13(6-10-15)17(28)12-3-7-14(23)8-4-12/h3-11H,1-2H3,(H,27,31)(H3,25,26,29,30,32)/b24-11+. The lowest BCUT2D eigenvalue weighted by Crippen LogP contribution is -2.44. The predicted molar refractivity (Wildman–Crippen MR) is 121 cm³/mol. The van der Waals surface area contributed by atoms with Crippen LogP contribution in [-0.2, 0) is 4.79 Å². The topological polar surface area (TPSA) is 154 Å². The molecule has 0 atom stereocenters. The number of nitrogens with zero attached hydrogens (tertiary/aromatic N) is 1. The molecule has 0 bridgehead atoms. The fourth-order valence-corrected chi connectivity index (χ4v) is 2.80. The van der Waals surface area contributed by atoms with Gasteiger partial charge in [0.15, 0.2) is 11.4 Å². The summed E-state index contributed by atoms with van der Waals surface area (Å²) in [4.78, 5) is 51.6. The number of hydrogen-bond acceptors (Lipinski definition) is 7. The lowest BCUT2D eigenvalue weighted by molar-refractivity contribution is -0.134. The van der Waals surface area contributed by atoms with E-state index in [0.29, 0.717) is 21.9 Å². The van der Waals surface area contributed by atoms with E-state index in [1.807, 2.05) is 9.97 Å². The molecule has 10 nitrogen and oxygen atoms in total. The zero-order chi connectivity index (χ0) is 24.2. The first-order valence-electron chi connectivity index (χ1n) is 9.55. The SMILES string of the molecule is CC(C)(Oc1ccc(C(=O)c2ccc(Cl)cc2)cc1)C(=O)N/N=C/c1c(O)[nH]c(=O)[nH]c1=O. The van der Waals surface area contributed by atoms with Gasteiger partial charge in [-0.15, -0.1) is 0 Å². The summed E-state index contributed by atoms with van der Waals surface area (Å²) in [6.45, 7) is 2.99. The van der Waals surface area contributed by atoms with Gasteiger partial charge in [-0.3, -0.25) is 24.4 Å². The molecule has 3 aromatic rings. The lowest BCUT2D eigenvalue weighted by Gasteiger charge is -2.24. The van der Waals surface area contributed by atoms with E-state index in [-0.39, 0.29) is 11.3 Å². The van der Waals surface area contributed by atoms with Crippen LogP contribution in [-0.4, -0.2) is 38.6 Å². The van der Waals surface area contributed by atoms with Crippen LogP contribution >= 0.6 is 11.6 Å². The molecule has 0 saturated heterocycles. The van der Waals surface area contributed by atoms with Gasteiger partial charge in [-0.25, -0.2) is 10.2 Å². The average Bonchev–Trinajstić information content (AvgIpc) is 2.75. The first kappa shape index (κ1) is 23.5. The number of amides is 1. The van der Waals surface area contributed by atoms with Crippen molar-refractivity contribution in [2.75, 3.05) is 0 Å². The van der Waals surface area contributed by atoms with Gasteiger partial charge in [0.25, 0.3) is 11.5 Å². The maximum absolute atomic E-state index is 12.5. The fourth-order valence-electron chi connectivity index (χ4n) is 2.68. The summed E-state index contributed by atoms with van der Waals surface area (Å²) in [6.07, 6.45) is 0.884. The first-order chi connectivity index (χ1) is 15.6. The second-order valence-electron chi connectivity index (χ2n) is 7.34. The summed E-state index contributed by atoms with van der Waals surface area (Å²) in [5, 5.41) is 13.8. The number of hydrogen-bond donors (Lipinski definition) is 4. The Morgan fingerprint density at radius 2 is 1.61 bits per heavy atom. The Kier molecular flexibility index (Phi) is 6.78. The molecule has 1 aromatic heterocycles. The van der Waals surface area contributed by atoms with Gasteiger partial charge in [0.1, 0.15) is 11.3 Å². The minimum atomic E-state index is -1.38. The smallest absolute Gasteiger partial charge is 0.328 e. The van der Waals surface area contributed by atoms with Crippen LogP contribution in [0, 0.1) is 0 Å². The van der Waals surface area contributed by atoms with E-state index in [0.717, 1.165) is 6.21 Å². The van der Waals surface area contributed by atoms with Crippen molar-refractivity contribution < 1.29 is 19.4 Å². The molecule has 0 fully saturated rings. The van der Waals surface area contributed by atoms with Crippen molar-refractivity contribution in [3.05, 3.63) is 91.1 Å². The Bertz CT molecular complexity index is 1320. The van der Waals surface area contributed by atoms with E-state index < -0.39 is 28.6 Å². The number of aromatic nitrogens is 2. The number of ketones is 1. The molecule has 4 N–H and O–H groups in total. The summed E-state index contributed by atoms with van der Waals surface area (Å²) in [7, 11) is 0. The molecule has 1 heterocycles. The van der Waals surface area contributed by atoms with Gasteiger partial charge in [0.05, 0.1) is 6.21 Å². The van der Waals surface area contributed by atoms with Crippen LogP contribution in [0.2, 0.25) is 5.02 Å². The number of benzene rings is 2. The number of halogens is 1. The van der Waals surface area contributed by atoms with Gasteiger partial charge in [-0.05, 0) is 62.4 Å². The van der Waals surface area contributed by atoms with Crippen LogP contribution in [0.5, 0.6) is 11.6 Å². The number of rotatable bonds is 7. The summed E-state index contributed by atoms with van der Waals surface area (Å²) >= 11 is 5.84. The molecule has 170 valence electrons. The number of aromatic amines is 2. The molecule has 0 radical (unpaired) electrons. The third kappa shape index (κ3) is 5.74. The minimum absolute atomic E-state index is 0.190. The molecule has 3 rings (SSSR count). The molecule has 0 aliphatic heterocycles. The van der Waals surface area contributed by atoms with Gasteiger partial charge in [-0.1, -0.05) is 11.6 Å². The lowest BCUT2D eigenvalue weighted by atomic mass is 10.0. The van der Waals surface area contributed by atoms with Crippen molar-refractivity contribution in [2.45, 2.75) is 19.4 Å². The molecule has 11 heteroatoms. The Labute approximate surface area is 191 Å². The van der Waals surface area contributed by atoms with Gasteiger partial charge in [0, 0.05) is 16.1 Å². The van der Waals surface area contributed by atoms with E-state index in [1.54, 1.807) is 48.5 Å². The van der Waals surface area contributed by atoms with Crippen molar-refractivity contribution in [3.63, 3.8) is 0 Å². The van der Waals surface area contributed by atoms with Crippen molar-refractivity contribution >= 4 is 29.5 Å². The van der Waals surface area contributed by atoms with Crippen molar-refractivity contribution in [1.82, 2.24) is 15.4 Å². The van der Waals surface area contributed by atoms with Crippen molar-refractivity contribution in [3.8, 4) is 11.6 Å². The molecule has 0 spiro atoms. The predicted octanol–water partition coefficient (Wildman–Crippen LogP) is 1.96. The van der Waals surface area contributed by atoms with Crippen LogP contribution in [0.3, 0.4) is 0 Å². The molecule has 0 aliphatic carbocycles. The van der Waals surface area contributed by atoms with Gasteiger partial charge < -0.3 is 9.84 Å². The number of hydrazone groups is 1. The zero-order valence-electron chi connectivity index (χ0n) is 17.5. The Hall–Kier alpha value is -4.18. The summed E-state index contributed by atoms with van der Waals surface area (Å²) in [5.74, 6) is -1.20. The monoisotopic (exact) mass is 470 g/mol. The highest BCUT2D eigenvalue weighted by molar-refractivity contribution is 6.30. The normalized spacial score (nSPS) is 11.4. The largest absolute Gasteiger partial charge is 0.494 e. The molecular formula is C22H19ClN4O6.